The molecule has 0 aromatic heterocycles. The Morgan fingerprint density at radius 1 is 1.46 bits per heavy atom. The minimum atomic E-state index is -0.499. The van der Waals surface area contributed by atoms with Crippen LogP contribution in [0, 0.1) is 0 Å². The third-order valence-corrected chi connectivity index (χ3v) is 1.09. The number of nitrogens with one attached hydrogen (secondary N) is 1. The Labute approximate surface area is 79.4 Å². The van der Waals surface area contributed by atoms with Gasteiger partial charge in [0.25, 0.3) is 0 Å². The summed E-state index contributed by atoms with van der Waals surface area (Å²) < 4.78 is 4.59. The fourth-order valence-electron chi connectivity index (χ4n) is 0.667. The SMILES string of the molecule is CCOC(=O)/C=C/C(=O)NC(C)C.[HH]. The number of ether oxygens (including phenoxy) is 1. The maximum atomic E-state index is 11.0. The molecule has 13 heavy (non-hydrogen) atoms. The summed E-state index contributed by atoms with van der Waals surface area (Å²) in [4.78, 5) is 21.7. The molecule has 0 aliphatic rings. The number of carbonyl (C=O) groups is 2. The molecule has 0 rings (SSSR count). The quantitative estimate of drug-likeness (QED) is 0.525. The van der Waals surface area contributed by atoms with E-state index in [4.69, 9.17) is 0 Å². The normalized spacial score (nSPS) is 10.5. The van der Waals surface area contributed by atoms with Crippen molar-refractivity contribution in [1.29, 1.82) is 0 Å². The van der Waals surface area contributed by atoms with Crippen LogP contribution < -0.4 is 5.32 Å². The topological polar surface area (TPSA) is 55.4 Å². The van der Waals surface area contributed by atoms with E-state index in [1.807, 2.05) is 13.8 Å². The zero-order chi connectivity index (χ0) is 10.3. The van der Waals surface area contributed by atoms with E-state index in [0.717, 1.165) is 12.2 Å². The molecule has 0 heterocycles. The van der Waals surface area contributed by atoms with E-state index in [9.17, 15) is 9.59 Å². The number of amides is 1. The fourth-order valence-corrected chi connectivity index (χ4v) is 0.667. The molecule has 1 amide bonds. The van der Waals surface area contributed by atoms with E-state index in [1.165, 1.54) is 0 Å². The lowest BCUT2D eigenvalue weighted by molar-refractivity contribution is -0.137. The van der Waals surface area contributed by atoms with Gasteiger partial charge in [0.05, 0.1) is 6.61 Å². The average molecular weight is 187 g/mol. The lowest BCUT2D eigenvalue weighted by atomic mass is 10.4. The molecule has 0 saturated carbocycles. The van der Waals surface area contributed by atoms with Gasteiger partial charge in [0, 0.05) is 19.6 Å². The van der Waals surface area contributed by atoms with E-state index in [0.29, 0.717) is 6.61 Å². The highest BCUT2D eigenvalue weighted by atomic mass is 16.5. The average Bonchev–Trinajstić information content (AvgIpc) is 2.00. The van der Waals surface area contributed by atoms with Crippen molar-refractivity contribution in [3.63, 3.8) is 0 Å². The molecule has 0 radical (unpaired) electrons. The van der Waals surface area contributed by atoms with Crippen LogP contribution in [0.2, 0.25) is 0 Å². The molecule has 0 aromatic rings. The monoisotopic (exact) mass is 187 g/mol. The Balaban J connectivity index is 0. The first-order valence-electron chi connectivity index (χ1n) is 4.21. The van der Waals surface area contributed by atoms with Crippen LogP contribution in [0.15, 0.2) is 12.2 Å². The third kappa shape index (κ3) is 7.05. The van der Waals surface area contributed by atoms with Gasteiger partial charge in [0.15, 0.2) is 0 Å². The van der Waals surface area contributed by atoms with Crippen molar-refractivity contribution in [2.75, 3.05) is 6.61 Å². The maximum Gasteiger partial charge on any atom is 0.330 e. The van der Waals surface area contributed by atoms with Crippen LogP contribution in [-0.4, -0.2) is 24.5 Å². The molecule has 76 valence electrons. The molecule has 4 heteroatoms. The van der Waals surface area contributed by atoms with Crippen molar-refractivity contribution in [3.05, 3.63) is 12.2 Å². The van der Waals surface area contributed by atoms with Crippen molar-refractivity contribution in [3.8, 4) is 0 Å². The summed E-state index contributed by atoms with van der Waals surface area (Å²) in [5, 5.41) is 2.61. The van der Waals surface area contributed by atoms with E-state index in [-0.39, 0.29) is 13.4 Å². The van der Waals surface area contributed by atoms with Crippen LogP contribution >= 0.6 is 0 Å². The van der Waals surface area contributed by atoms with Gasteiger partial charge >= 0.3 is 5.97 Å². The molecule has 0 aromatic carbocycles. The molecule has 1 N–H and O–H groups in total. The smallest absolute Gasteiger partial charge is 0.330 e. The van der Waals surface area contributed by atoms with E-state index in [2.05, 4.69) is 10.1 Å². The van der Waals surface area contributed by atoms with Gasteiger partial charge in [-0.1, -0.05) is 0 Å². The van der Waals surface area contributed by atoms with Gasteiger partial charge in [-0.3, -0.25) is 4.79 Å². The molecule has 0 unspecified atom stereocenters. The first kappa shape index (κ1) is 11.7. The minimum Gasteiger partial charge on any atom is -0.463 e. The predicted molar refractivity (Wildman–Crippen MR) is 51.2 cm³/mol. The lowest BCUT2D eigenvalue weighted by Crippen LogP contribution is -2.28. The number of hydrogen-bond donors (Lipinski definition) is 1. The Morgan fingerprint density at radius 3 is 2.54 bits per heavy atom. The van der Waals surface area contributed by atoms with Crippen molar-refractivity contribution >= 4 is 11.9 Å². The van der Waals surface area contributed by atoms with Gasteiger partial charge < -0.3 is 10.1 Å². The summed E-state index contributed by atoms with van der Waals surface area (Å²) in [5.74, 6) is -0.788. The van der Waals surface area contributed by atoms with Crippen LogP contribution in [0.4, 0.5) is 0 Å². The number of carbonyl (C=O) groups excluding carboxylic acids is 2. The van der Waals surface area contributed by atoms with Crippen LogP contribution in [0.3, 0.4) is 0 Å². The number of esters is 1. The van der Waals surface area contributed by atoms with Crippen LogP contribution in [0.5, 0.6) is 0 Å². The molecule has 0 aliphatic heterocycles. The summed E-state index contributed by atoms with van der Waals surface area (Å²) in [6.45, 7) is 5.71. The second kappa shape index (κ2) is 6.22. The Hall–Kier alpha value is -1.32. The lowest BCUT2D eigenvalue weighted by Gasteiger charge is -2.03. The van der Waals surface area contributed by atoms with Crippen molar-refractivity contribution in [2.24, 2.45) is 0 Å². The van der Waals surface area contributed by atoms with Crippen molar-refractivity contribution < 1.29 is 15.8 Å². The Kier molecular flexibility index (Phi) is 5.59. The van der Waals surface area contributed by atoms with E-state index >= 15 is 0 Å². The third-order valence-electron chi connectivity index (χ3n) is 1.09. The van der Waals surface area contributed by atoms with Gasteiger partial charge in [0.1, 0.15) is 0 Å². The highest BCUT2D eigenvalue weighted by molar-refractivity contribution is 5.94. The zero-order valence-corrected chi connectivity index (χ0v) is 8.16. The standard InChI is InChI=1S/C9H15NO3.H2/c1-4-13-9(12)6-5-8(11)10-7(2)3;/h5-7H,4H2,1-3H3,(H,10,11);1H/b6-5+;. The Bertz CT molecular complexity index is 214. The van der Waals surface area contributed by atoms with Crippen LogP contribution in [0.25, 0.3) is 0 Å². The highest BCUT2D eigenvalue weighted by Gasteiger charge is 1.99. The summed E-state index contributed by atoms with van der Waals surface area (Å²) in [6, 6.07) is 0.0688. The van der Waals surface area contributed by atoms with E-state index in [1.54, 1.807) is 6.92 Å². The van der Waals surface area contributed by atoms with Gasteiger partial charge in [-0.2, -0.15) is 0 Å². The summed E-state index contributed by atoms with van der Waals surface area (Å²) in [6.07, 6.45) is 2.28. The van der Waals surface area contributed by atoms with Gasteiger partial charge in [-0.25, -0.2) is 4.79 Å². The van der Waals surface area contributed by atoms with E-state index < -0.39 is 5.97 Å². The molecular formula is C9H17NO3. The molecule has 0 saturated heterocycles. The fraction of sp³-hybridized carbons (Fsp3) is 0.556. The summed E-state index contributed by atoms with van der Waals surface area (Å²) in [5.41, 5.74) is 0. The largest absolute Gasteiger partial charge is 0.463 e. The minimum absolute atomic E-state index is 0. The first-order valence-corrected chi connectivity index (χ1v) is 4.21. The second-order valence-corrected chi connectivity index (χ2v) is 2.75. The maximum absolute atomic E-state index is 11.0. The van der Waals surface area contributed by atoms with Gasteiger partial charge in [-0.05, 0) is 20.8 Å². The molecule has 0 atom stereocenters. The van der Waals surface area contributed by atoms with Crippen molar-refractivity contribution in [1.82, 2.24) is 5.32 Å². The molecule has 0 bridgehead atoms. The van der Waals surface area contributed by atoms with Gasteiger partial charge in [0.2, 0.25) is 5.91 Å². The highest BCUT2D eigenvalue weighted by Crippen LogP contribution is 1.83. The van der Waals surface area contributed by atoms with Crippen molar-refractivity contribution in [2.45, 2.75) is 26.8 Å². The first-order chi connectivity index (χ1) is 6.06. The number of rotatable bonds is 4. The van der Waals surface area contributed by atoms with Crippen LogP contribution in [-0.2, 0) is 14.3 Å². The second-order valence-electron chi connectivity index (χ2n) is 2.75. The van der Waals surface area contributed by atoms with Crippen LogP contribution in [0.1, 0.15) is 22.2 Å². The Morgan fingerprint density at radius 2 is 2.08 bits per heavy atom. The molecular weight excluding hydrogens is 170 g/mol. The zero-order valence-electron chi connectivity index (χ0n) is 8.16. The summed E-state index contributed by atoms with van der Waals surface area (Å²) >= 11 is 0. The molecule has 4 nitrogen and oxygen atoms in total. The molecule has 0 aliphatic carbocycles. The predicted octanol–water partition coefficient (Wildman–Crippen LogP) is 0.876. The van der Waals surface area contributed by atoms with Gasteiger partial charge in [-0.15, -0.1) is 0 Å². The molecule has 0 fully saturated rings. The summed E-state index contributed by atoms with van der Waals surface area (Å²) in [7, 11) is 0. The number of hydrogen-bond acceptors (Lipinski definition) is 3. The molecule has 0 spiro atoms.